The molecule has 1 aromatic heterocycles. The molecule has 188 valence electrons. The summed E-state index contributed by atoms with van der Waals surface area (Å²) in [4.78, 5) is 21.1. The van der Waals surface area contributed by atoms with Crippen molar-refractivity contribution < 1.29 is 27.1 Å². The summed E-state index contributed by atoms with van der Waals surface area (Å²) in [6.07, 6.45) is -0.930. The van der Waals surface area contributed by atoms with Gasteiger partial charge in [-0.3, -0.25) is 4.79 Å². The lowest BCUT2D eigenvalue weighted by Crippen LogP contribution is -2.39. The third-order valence-electron chi connectivity index (χ3n) is 6.20. The molecule has 2 N–H and O–H groups in total. The number of carbonyl (C=O) groups is 1. The van der Waals surface area contributed by atoms with Crippen LogP contribution in [0.25, 0.3) is 11.0 Å². The number of H-pyrrole nitrogens is 1. The van der Waals surface area contributed by atoms with Crippen molar-refractivity contribution in [2.75, 3.05) is 23.7 Å². The number of rotatable bonds is 7. The highest BCUT2D eigenvalue weighted by molar-refractivity contribution is 7.91. The molecule has 7 nitrogen and oxygen atoms in total. The third kappa shape index (κ3) is 5.24. The first-order valence-corrected chi connectivity index (χ1v) is 13.4. The molecular formula is C23H23Cl2F2N3O4S. The van der Waals surface area contributed by atoms with Crippen LogP contribution in [-0.4, -0.2) is 54.2 Å². The number of alkyl halides is 2. The van der Waals surface area contributed by atoms with Crippen molar-refractivity contribution in [1.29, 1.82) is 0 Å². The molecule has 2 aromatic carbocycles. The number of nitrogens with one attached hydrogen (secondary N) is 1. The van der Waals surface area contributed by atoms with Crippen LogP contribution < -0.4 is 4.90 Å². The predicted octanol–water partition coefficient (Wildman–Crippen LogP) is 5.51. The summed E-state index contributed by atoms with van der Waals surface area (Å²) < 4.78 is 51.5. The van der Waals surface area contributed by atoms with Gasteiger partial charge in [-0.2, -0.15) is 0 Å². The summed E-state index contributed by atoms with van der Waals surface area (Å²) in [6, 6.07) is 7.62. The molecule has 12 heteroatoms. The maximum absolute atomic E-state index is 13.6. The Balaban J connectivity index is 1.74. The van der Waals surface area contributed by atoms with Crippen molar-refractivity contribution >= 4 is 55.7 Å². The number of benzene rings is 2. The van der Waals surface area contributed by atoms with E-state index in [9.17, 15) is 27.1 Å². The molecule has 0 radical (unpaired) electrons. The standard InChI is InChI=1S/C23H23Cl2F2N3O4S/c1-2-35(33,34)14-5-3-13(4-6-14)15(11-18(31)32)22-28-17-12-16(24)21(19(25)20(17)29-22)30-9-7-23(26,27)8-10-30/h3-6,12,15H,2,7-11H2,1H3,(H,28,29)(H,31,32). The Morgan fingerprint density at radius 3 is 2.43 bits per heavy atom. The van der Waals surface area contributed by atoms with E-state index in [1.54, 1.807) is 30.0 Å². The summed E-state index contributed by atoms with van der Waals surface area (Å²) in [5.74, 6) is -4.25. The average Bonchev–Trinajstić information content (AvgIpc) is 3.22. The summed E-state index contributed by atoms with van der Waals surface area (Å²) in [6.45, 7) is 1.72. The fraction of sp³-hybridized carbons (Fsp3) is 0.391. The molecular weight excluding hydrogens is 523 g/mol. The van der Waals surface area contributed by atoms with Gasteiger partial charge in [-0.25, -0.2) is 22.2 Å². The van der Waals surface area contributed by atoms with Crippen LogP contribution in [-0.2, 0) is 14.6 Å². The van der Waals surface area contributed by atoms with Crippen molar-refractivity contribution in [3.05, 3.63) is 51.8 Å². The highest BCUT2D eigenvalue weighted by atomic mass is 35.5. The zero-order valence-electron chi connectivity index (χ0n) is 18.7. The lowest BCUT2D eigenvalue weighted by atomic mass is 9.95. The van der Waals surface area contributed by atoms with Crippen LogP contribution in [0.1, 0.15) is 43.5 Å². The van der Waals surface area contributed by atoms with Gasteiger partial charge < -0.3 is 15.0 Å². The Bertz CT molecular complexity index is 1370. The average molecular weight is 546 g/mol. The van der Waals surface area contributed by atoms with Crippen LogP contribution in [0, 0.1) is 0 Å². The van der Waals surface area contributed by atoms with E-state index in [1.165, 1.54) is 12.1 Å². The van der Waals surface area contributed by atoms with Gasteiger partial charge in [0.05, 0.1) is 44.2 Å². The molecule has 0 saturated carbocycles. The summed E-state index contributed by atoms with van der Waals surface area (Å²) in [7, 11) is -3.41. The number of carboxylic acid groups (broad SMARTS) is 1. The van der Waals surface area contributed by atoms with Crippen molar-refractivity contribution in [2.45, 2.75) is 42.9 Å². The Kier molecular flexibility index (Phi) is 7.00. The molecule has 0 aliphatic carbocycles. The van der Waals surface area contributed by atoms with E-state index in [1.807, 2.05) is 0 Å². The number of halogens is 4. The molecule has 4 rings (SSSR count). The van der Waals surface area contributed by atoms with Crippen LogP contribution in [0.2, 0.25) is 10.0 Å². The summed E-state index contributed by atoms with van der Waals surface area (Å²) in [5, 5.41) is 9.97. The summed E-state index contributed by atoms with van der Waals surface area (Å²) >= 11 is 13.1. The van der Waals surface area contributed by atoms with E-state index in [0.717, 1.165) is 0 Å². The van der Waals surface area contributed by atoms with E-state index in [0.29, 0.717) is 28.1 Å². The van der Waals surface area contributed by atoms with Crippen molar-refractivity contribution in [1.82, 2.24) is 9.97 Å². The molecule has 3 aromatic rings. The van der Waals surface area contributed by atoms with E-state index in [4.69, 9.17) is 23.2 Å². The molecule has 1 aliphatic rings. The topological polar surface area (TPSA) is 103 Å². The molecule has 1 saturated heterocycles. The monoisotopic (exact) mass is 545 g/mol. The lowest BCUT2D eigenvalue weighted by molar-refractivity contribution is -0.137. The molecule has 1 unspecified atom stereocenters. The van der Waals surface area contributed by atoms with E-state index < -0.39 is 27.6 Å². The number of carboxylic acids is 1. The van der Waals surface area contributed by atoms with Crippen LogP contribution in [0.15, 0.2) is 35.2 Å². The Morgan fingerprint density at radius 1 is 1.23 bits per heavy atom. The largest absolute Gasteiger partial charge is 0.481 e. The third-order valence-corrected chi connectivity index (χ3v) is 8.60. The number of piperidine rings is 1. The van der Waals surface area contributed by atoms with Crippen LogP contribution >= 0.6 is 23.2 Å². The number of aliphatic carboxylic acids is 1. The first kappa shape index (κ1) is 25.7. The minimum absolute atomic E-state index is 0.0509. The minimum Gasteiger partial charge on any atom is -0.481 e. The smallest absolute Gasteiger partial charge is 0.304 e. The number of imidazole rings is 1. The molecule has 1 aliphatic heterocycles. The number of aromatic amines is 1. The quantitative estimate of drug-likeness (QED) is 0.406. The maximum atomic E-state index is 13.6. The second-order valence-corrected chi connectivity index (χ2v) is 11.6. The summed E-state index contributed by atoms with van der Waals surface area (Å²) in [5.41, 5.74) is 1.79. The van der Waals surface area contributed by atoms with Crippen molar-refractivity contribution in [3.8, 4) is 0 Å². The van der Waals surface area contributed by atoms with E-state index >= 15 is 0 Å². The molecule has 35 heavy (non-hydrogen) atoms. The highest BCUT2D eigenvalue weighted by Gasteiger charge is 2.35. The van der Waals surface area contributed by atoms with Crippen LogP contribution in [0.3, 0.4) is 0 Å². The maximum Gasteiger partial charge on any atom is 0.304 e. The second kappa shape index (κ2) is 9.55. The van der Waals surface area contributed by atoms with E-state index in [-0.39, 0.29) is 53.0 Å². The van der Waals surface area contributed by atoms with Gasteiger partial charge in [-0.05, 0) is 23.8 Å². The fourth-order valence-corrected chi connectivity index (χ4v) is 5.84. The first-order chi connectivity index (χ1) is 16.4. The highest BCUT2D eigenvalue weighted by Crippen LogP contribution is 2.42. The number of anilines is 1. The molecule has 0 bridgehead atoms. The van der Waals surface area contributed by atoms with Gasteiger partial charge in [0.15, 0.2) is 9.84 Å². The lowest BCUT2D eigenvalue weighted by Gasteiger charge is -2.34. The van der Waals surface area contributed by atoms with E-state index in [2.05, 4.69) is 9.97 Å². The Labute approximate surface area is 211 Å². The Morgan fingerprint density at radius 2 is 1.86 bits per heavy atom. The number of sulfone groups is 1. The second-order valence-electron chi connectivity index (χ2n) is 8.51. The van der Waals surface area contributed by atoms with Gasteiger partial charge in [0.25, 0.3) is 5.92 Å². The Hall–Kier alpha value is -2.43. The van der Waals surface area contributed by atoms with Crippen molar-refractivity contribution in [2.24, 2.45) is 0 Å². The van der Waals surface area contributed by atoms with Gasteiger partial charge >= 0.3 is 5.97 Å². The number of hydrogen-bond acceptors (Lipinski definition) is 5. The van der Waals surface area contributed by atoms with Gasteiger partial charge in [0.2, 0.25) is 0 Å². The zero-order chi connectivity index (χ0) is 25.5. The molecule has 1 atom stereocenters. The van der Waals surface area contributed by atoms with Gasteiger partial charge in [-0.15, -0.1) is 0 Å². The minimum atomic E-state index is -3.41. The normalized spacial score (nSPS) is 17.0. The predicted molar refractivity (Wildman–Crippen MR) is 131 cm³/mol. The molecule has 0 amide bonds. The number of hydrogen-bond donors (Lipinski definition) is 2. The SMILES string of the molecule is CCS(=O)(=O)c1ccc(C(CC(=O)O)c2nc3c(Cl)c(N4CCC(F)(F)CC4)c(Cl)cc3[nH]2)cc1. The van der Waals surface area contributed by atoms with Crippen LogP contribution in [0.4, 0.5) is 14.5 Å². The van der Waals surface area contributed by atoms with Crippen LogP contribution in [0.5, 0.6) is 0 Å². The number of nitrogens with zero attached hydrogens (tertiary/aromatic N) is 2. The molecule has 0 spiro atoms. The van der Waals surface area contributed by atoms with Gasteiger partial charge in [0.1, 0.15) is 11.3 Å². The number of aromatic nitrogens is 2. The molecule has 2 heterocycles. The first-order valence-electron chi connectivity index (χ1n) is 11.0. The zero-order valence-corrected chi connectivity index (χ0v) is 21.0. The van der Waals surface area contributed by atoms with Gasteiger partial charge in [0, 0.05) is 25.9 Å². The van der Waals surface area contributed by atoms with Gasteiger partial charge in [-0.1, -0.05) is 42.3 Å². The fourth-order valence-electron chi connectivity index (χ4n) is 4.22. The number of fused-ring (bicyclic) bond motifs is 1. The van der Waals surface area contributed by atoms with Crippen molar-refractivity contribution in [3.63, 3.8) is 0 Å². The molecule has 1 fully saturated rings.